The lowest BCUT2D eigenvalue weighted by Crippen LogP contribution is -2.24. The molecule has 0 amide bonds. The van der Waals surface area contributed by atoms with Crippen molar-refractivity contribution in [3.8, 4) is 10.7 Å². The Balaban J connectivity index is 1.96. The predicted octanol–water partition coefficient (Wildman–Crippen LogP) is 2.59. The Labute approximate surface area is 111 Å². The van der Waals surface area contributed by atoms with Gasteiger partial charge in [-0.05, 0) is 31.9 Å². The summed E-state index contributed by atoms with van der Waals surface area (Å²) in [5.74, 6) is 0. The van der Waals surface area contributed by atoms with Crippen LogP contribution in [0, 0.1) is 0 Å². The van der Waals surface area contributed by atoms with Crippen molar-refractivity contribution in [2.45, 2.75) is 32.2 Å². The van der Waals surface area contributed by atoms with Crippen molar-refractivity contribution in [2.24, 2.45) is 0 Å². The Morgan fingerprint density at radius 2 is 2.44 bits per heavy atom. The second kappa shape index (κ2) is 5.12. The first-order valence-corrected chi connectivity index (χ1v) is 7.19. The molecule has 1 atom stereocenters. The van der Waals surface area contributed by atoms with Crippen LogP contribution in [0.15, 0.2) is 18.6 Å². The molecule has 0 spiro atoms. The summed E-state index contributed by atoms with van der Waals surface area (Å²) in [7, 11) is 0. The Morgan fingerprint density at radius 3 is 3.22 bits per heavy atom. The van der Waals surface area contributed by atoms with Crippen molar-refractivity contribution in [3.05, 3.63) is 29.2 Å². The minimum Gasteiger partial charge on any atom is -0.309 e. The first-order chi connectivity index (χ1) is 8.88. The lowest BCUT2D eigenvalue weighted by molar-refractivity contribution is 0.465. The Bertz CT molecular complexity index is 523. The van der Waals surface area contributed by atoms with E-state index in [0.29, 0.717) is 6.04 Å². The average Bonchev–Trinajstić information content (AvgIpc) is 2.85. The highest BCUT2D eigenvalue weighted by Crippen LogP contribution is 2.36. The fourth-order valence-electron chi connectivity index (χ4n) is 2.39. The minimum atomic E-state index is 0.422. The fraction of sp³-hybridized carbons (Fsp3) is 0.462. The molecular weight excluding hydrogens is 244 g/mol. The van der Waals surface area contributed by atoms with Crippen LogP contribution in [-0.4, -0.2) is 21.5 Å². The standard InChI is InChI=1S/C13H16N4S/c1-2-15-9-4-3-5-11-12(9)17-13(18-11)10-6-7-14-8-16-10/h6-9,15H,2-5H2,1H3. The Morgan fingerprint density at radius 1 is 1.50 bits per heavy atom. The second-order valence-corrected chi connectivity index (χ2v) is 5.51. The fourth-order valence-corrected chi connectivity index (χ4v) is 3.53. The summed E-state index contributed by atoms with van der Waals surface area (Å²) in [6.07, 6.45) is 6.94. The van der Waals surface area contributed by atoms with E-state index in [4.69, 9.17) is 4.98 Å². The molecule has 0 aliphatic heterocycles. The summed E-state index contributed by atoms with van der Waals surface area (Å²) in [6, 6.07) is 2.34. The molecule has 3 rings (SSSR count). The maximum absolute atomic E-state index is 4.79. The van der Waals surface area contributed by atoms with Crippen LogP contribution < -0.4 is 5.32 Å². The quantitative estimate of drug-likeness (QED) is 0.921. The number of nitrogens with zero attached hydrogens (tertiary/aromatic N) is 3. The van der Waals surface area contributed by atoms with E-state index in [9.17, 15) is 0 Å². The van der Waals surface area contributed by atoms with Crippen molar-refractivity contribution in [2.75, 3.05) is 6.54 Å². The SMILES string of the molecule is CCNC1CCCc2sc(-c3ccncn3)nc21. The van der Waals surface area contributed by atoms with Gasteiger partial charge in [0.05, 0.1) is 11.7 Å². The molecule has 1 aliphatic carbocycles. The van der Waals surface area contributed by atoms with Gasteiger partial charge in [-0.3, -0.25) is 0 Å². The van der Waals surface area contributed by atoms with E-state index in [2.05, 4.69) is 22.2 Å². The van der Waals surface area contributed by atoms with Crippen molar-refractivity contribution < 1.29 is 0 Å². The number of hydrogen-bond acceptors (Lipinski definition) is 5. The molecule has 1 N–H and O–H groups in total. The number of aromatic nitrogens is 3. The molecule has 2 aromatic heterocycles. The normalized spacial score (nSPS) is 18.6. The van der Waals surface area contributed by atoms with Crippen LogP contribution in [0.4, 0.5) is 0 Å². The van der Waals surface area contributed by atoms with Crippen molar-refractivity contribution >= 4 is 11.3 Å². The van der Waals surface area contributed by atoms with Gasteiger partial charge in [0.2, 0.25) is 0 Å². The van der Waals surface area contributed by atoms with E-state index in [1.54, 1.807) is 23.9 Å². The lowest BCUT2D eigenvalue weighted by Gasteiger charge is -2.21. The monoisotopic (exact) mass is 260 g/mol. The van der Waals surface area contributed by atoms with Gasteiger partial charge in [-0.2, -0.15) is 0 Å². The highest BCUT2D eigenvalue weighted by atomic mass is 32.1. The number of rotatable bonds is 3. The molecule has 0 aromatic carbocycles. The molecule has 0 saturated carbocycles. The smallest absolute Gasteiger partial charge is 0.142 e. The van der Waals surface area contributed by atoms with Gasteiger partial charge in [-0.1, -0.05) is 6.92 Å². The number of thiazole rings is 1. The number of hydrogen-bond donors (Lipinski definition) is 1. The van der Waals surface area contributed by atoms with Crippen LogP contribution >= 0.6 is 11.3 Å². The highest BCUT2D eigenvalue weighted by Gasteiger charge is 2.24. The zero-order chi connectivity index (χ0) is 12.4. The van der Waals surface area contributed by atoms with Crippen LogP contribution in [0.25, 0.3) is 10.7 Å². The Kier molecular flexibility index (Phi) is 3.34. The molecule has 0 radical (unpaired) electrons. The molecule has 18 heavy (non-hydrogen) atoms. The van der Waals surface area contributed by atoms with Gasteiger partial charge in [-0.25, -0.2) is 15.0 Å². The van der Waals surface area contributed by atoms with Gasteiger partial charge < -0.3 is 5.32 Å². The summed E-state index contributed by atoms with van der Waals surface area (Å²) in [6.45, 7) is 3.14. The lowest BCUT2D eigenvalue weighted by atomic mass is 9.98. The number of fused-ring (bicyclic) bond motifs is 1. The van der Waals surface area contributed by atoms with E-state index in [1.807, 2.05) is 6.07 Å². The van der Waals surface area contributed by atoms with Crippen molar-refractivity contribution in [1.29, 1.82) is 0 Å². The van der Waals surface area contributed by atoms with E-state index in [0.717, 1.165) is 23.7 Å². The van der Waals surface area contributed by atoms with E-state index < -0.39 is 0 Å². The van der Waals surface area contributed by atoms with Gasteiger partial charge in [0, 0.05) is 11.1 Å². The van der Waals surface area contributed by atoms with Crippen LogP contribution in [0.5, 0.6) is 0 Å². The molecule has 94 valence electrons. The van der Waals surface area contributed by atoms with E-state index in [1.165, 1.54) is 23.4 Å². The third kappa shape index (κ3) is 2.15. The number of nitrogens with one attached hydrogen (secondary N) is 1. The zero-order valence-corrected chi connectivity index (χ0v) is 11.2. The second-order valence-electron chi connectivity index (χ2n) is 4.42. The summed E-state index contributed by atoms with van der Waals surface area (Å²) in [5, 5.41) is 4.54. The number of aryl methyl sites for hydroxylation is 1. The average molecular weight is 260 g/mol. The molecule has 1 aliphatic rings. The third-order valence-electron chi connectivity index (χ3n) is 3.21. The van der Waals surface area contributed by atoms with Crippen molar-refractivity contribution in [1.82, 2.24) is 20.3 Å². The summed E-state index contributed by atoms with van der Waals surface area (Å²) in [5.41, 5.74) is 2.17. The van der Waals surface area contributed by atoms with Crippen LogP contribution in [0.2, 0.25) is 0 Å². The van der Waals surface area contributed by atoms with Crippen LogP contribution in [0.1, 0.15) is 36.4 Å². The minimum absolute atomic E-state index is 0.422. The van der Waals surface area contributed by atoms with Crippen molar-refractivity contribution in [3.63, 3.8) is 0 Å². The van der Waals surface area contributed by atoms with Gasteiger partial charge in [-0.15, -0.1) is 11.3 Å². The largest absolute Gasteiger partial charge is 0.309 e. The summed E-state index contributed by atoms with van der Waals surface area (Å²) >= 11 is 1.78. The molecular formula is C13H16N4S. The van der Waals surface area contributed by atoms with Gasteiger partial charge in [0.15, 0.2) is 0 Å². The predicted molar refractivity (Wildman–Crippen MR) is 72.5 cm³/mol. The molecule has 0 saturated heterocycles. The zero-order valence-electron chi connectivity index (χ0n) is 10.4. The molecule has 0 bridgehead atoms. The molecule has 2 aromatic rings. The molecule has 2 heterocycles. The van der Waals surface area contributed by atoms with E-state index in [-0.39, 0.29) is 0 Å². The van der Waals surface area contributed by atoms with Crippen LogP contribution in [0.3, 0.4) is 0 Å². The van der Waals surface area contributed by atoms with E-state index >= 15 is 0 Å². The van der Waals surface area contributed by atoms with Gasteiger partial charge in [0.1, 0.15) is 17.0 Å². The maximum Gasteiger partial charge on any atom is 0.142 e. The van der Waals surface area contributed by atoms with Crippen LogP contribution in [-0.2, 0) is 6.42 Å². The first kappa shape index (κ1) is 11.7. The van der Waals surface area contributed by atoms with Gasteiger partial charge in [0.25, 0.3) is 0 Å². The summed E-state index contributed by atoms with van der Waals surface area (Å²) < 4.78 is 0. The van der Waals surface area contributed by atoms with Gasteiger partial charge >= 0.3 is 0 Å². The molecule has 4 nitrogen and oxygen atoms in total. The molecule has 0 fully saturated rings. The first-order valence-electron chi connectivity index (χ1n) is 6.38. The maximum atomic E-state index is 4.79. The molecule has 1 unspecified atom stereocenters. The topological polar surface area (TPSA) is 50.7 Å². The molecule has 5 heteroatoms. The summed E-state index contributed by atoms with van der Waals surface area (Å²) in [4.78, 5) is 14.4. The highest BCUT2D eigenvalue weighted by molar-refractivity contribution is 7.15. The third-order valence-corrected chi connectivity index (χ3v) is 4.36. The Hall–Kier alpha value is -1.33.